The van der Waals surface area contributed by atoms with Gasteiger partial charge < -0.3 is 0 Å². The number of rotatable bonds is 0. The van der Waals surface area contributed by atoms with E-state index in [1.165, 1.54) is 57.2 Å². The van der Waals surface area contributed by atoms with Crippen LogP contribution in [0.3, 0.4) is 0 Å². The van der Waals surface area contributed by atoms with Gasteiger partial charge in [-0.1, -0.05) is 70.2 Å². The normalized spacial score (nSPS) is 12.6. The molecule has 3 aromatic carbocycles. The number of aryl methyl sites for hydroxylation is 2. The largest absolute Gasteiger partial charge is 0.0766 e. The van der Waals surface area contributed by atoms with E-state index >= 15 is 0 Å². The van der Waals surface area contributed by atoms with Crippen LogP contribution in [0.1, 0.15) is 51.7 Å². The highest BCUT2D eigenvalue weighted by Gasteiger charge is 2.11. The zero-order valence-electron chi connectivity index (χ0n) is 14.7. The van der Waals surface area contributed by atoms with Crippen molar-refractivity contribution in [3.05, 3.63) is 52.7 Å². The first-order valence-corrected chi connectivity index (χ1v) is 8.78. The third kappa shape index (κ3) is 2.75. The molecule has 0 fully saturated rings. The summed E-state index contributed by atoms with van der Waals surface area (Å²) in [6.45, 7) is 10.2. The monoisotopic (exact) mass is 292 g/mol. The Morgan fingerprint density at radius 3 is 2.27 bits per heavy atom. The molecular weight excluding hydrogens is 264 g/mol. The van der Waals surface area contributed by atoms with Gasteiger partial charge >= 0.3 is 0 Å². The van der Waals surface area contributed by atoms with Crippen LogP contribution in [0.5, 0.6) is 0 Å². The maximum Gasteiger partial charge on any atom is -0.00275 e. The van der Waals surface area contributed by atoms with Crippen LogP contribution >= 0.6 is 0 Å². The van der Waals surface area contributed by atoms with E-state index in [1.807, 2.05) is 27.7 Å². The minimum absolute atomic E-state index is 1.21. The van der Waals surface area contributed by atoms with Crippen LogP contribution in [0.25, 0.3) is 27.6 Å². The number of hydrogen-bond donors (Lipinski definition) is 0. The summed E-state index contributed by atoms with van der Waals surface area (Å²) in [6.07, 6.45) is 6.10. The smallest absolute Gasteiger partial charge is 0.00275 e. The first-order chi connectivity index (χ1) is 10.8. The fourth-order valence-electron chi connectivity index (χ4n) is 3.32. The van der Waals surface area contributed by atoms with Gasteiger partial charge in [-0.25, -0.2) is 0 Å². The topological polar surface area (TPSA) is 0 Å². The Morgan fingerprint density at radius 2 is 1.50 bits per heavy atom. The molecule has 0 atom stereocenters. The summed E-state index contributed by atoms with van der Waals surface area (Å²) in [7, 11) is 0. The van der Waals surface area contributed by atoms with Crippen LogP contribution in [-0.2, 0) is 6.42 Å². The van der Waals surface area contributed by atoms with Crippen molar-refractivity contribution >= 4 is 27.6 Å². The summed E-state index contributed by atoms with van der Waals surface area (Å²) in [5, 5.41) is 7.22. The van der Waals surface area contributed by atoms with E-state index in [-0.39, 0.29) is 0 Å². The van der Waals surface area contributed by atoms with Gasteiger partial charge in [-0.05, 0) is 64.1 Å². The van der Waals surface area contributed by atoms with Crippen molar-refractivity contribution in [3.63, 3.8) is 0 Å². The molecule has 4 rings (SSSR count). The van der Waals surface area contributed by atoms with Crippen LogP contribution in [0, 0.1) is 6.92 Å². The lowest BCUT2D eigenvalue weighted by atomic mass is 9.92. The summed E-state index contributed by atoms with van der Waals surface area (Å²) < 4.78 is 0. The average molecular weight is 292 g/mol. The predicted molar refractivity (Wildman–Crippen MR) is 102 cm³/mol. The Hall–Kier alpha value is -1.82. The average Bonchev–Trinajstić information content (AvgIpc) is 2.81. The van der Waals surface area contributed by atoms with Gasteiger partial charge in [-0.15, -0.1) is 0 Å². The van der Waals surface area contributed by atoms with Gasteiger partial charge in [0.05, 0.1) is 0 Å². The third-order valence-electron chi connectivity index (χ3n) is 4.26. The molecular formula is C22H28. The summed E-state index contributed by atoms with van der Waals surface area (Å²) >= 11 is 0. The molecule has 0 unspecified atom stereocenters. The molecule has 0 spiro atoms. The highest BCUT2D eigenvalue weighted by atomic mass is 14.1. The van der Waals surface area contributed by atoms with Gasteiger partial charge in [0, 0.05) is 0 Å². The van der Waals surface area contributed by atoms with Crippen LogP contribution < -0.4 is 5.22 Å². The molecule has 116 valence electrons. The molecule has 3 aromatic rings. The summed E-state index contributed by atoms with van der Waals surface area (Å²) in [6, 6.07) is 13.7. The maximum atomic E-state index is 2.41. The Morgan fingerprint density at radius 1 is 0.773 bits per heavy atom. The van der Waals surface area contributed by atoms with Gasteiger partial charge in [0.15, 0.2) is 0 Å². The molecule has 0 N–H and O–H groups in total. The molecule has 0 heterocycles. The Labute approximate surface area is 134 Å². The summed E-state index contributed by atoms with van der Waals surface area (Å²) in [5.41, 5.74) is 2.91. The molecule has 1 aliphatic rings. The van der Waals surface area contributed by atoms with E-state index in [4.69, 9.17) is 0 Å². The van der Waals surface area contributed by atoms with Crippen molar-refractivity contribution in [2.45, 2.75) is 53.9 Å². The van der Waals surface area contributed by atoms with Crippen LogP contribution in [0.4, 0.5) is 0 Å². The van der Waals surface area contributed by atoms with Crippen LogP contribution in [0.2, 0.25) is 0 Å². The second-order valence-corrected chi connectivity index (χ2v) is 5.38. The molecule has 1 aliphatic carbocycles. The molecule has 0 saturated heterocycles. The Bertz CT molecular complexity index is 809. The maximum absolute atomic E-state index is 2.41. The van der Waals surface area contributed by atoms with Crippen molar-refractivity contribution < 1.29 is 0 Å². The highest BCUT2D eigenvalue weighted by molar-refractivity contribution is 6.12. The third-order valence-corrected chi connectivity index (χ3v) is 4.26. The lowest BCUT2D eigenvalue weighted by Crippen LogP contribution is -2.03. The second kappa shape index (κ2) is 7.45. The first-order valence-electron chi connectivity index (χ1n) is 8.78. The molecule has 0 aromatic heterocycles. The summed E-state index contributed by atoms with van der Waals surface area (Å²) in [5.74, 6) is 0. The molecule has 22 heavy (non-hydrogen) atoms. The van der Waals surface area contributed by atoms with Gasteiger partial charge in [0.1, 0.15) is 0 Å². The molecule has 0 saturated carbocycles. The van der Waals surface area contributed by atoms with E-state index < -0.39 is 0 Å². The first kappa shape index (κ1) is 16.5. The zero-order valence-corrected chi connectivity index (χ0v) is 14.7. The quantitative estimate of drug-likeness (QED) is 0.463. The molecule has 0 nitrogen and oxygen atoms in total. The molecule has 0 heteroatoms. The van der Waals surface area contributed by atoms with E-state index in [0.29, 0.717) is 0 Å². The molecule has 0 radical (unpaired) electrons. The van der Waals surface area contributed by atoms with Crippen molar-refractivity contribution in [3.8, 4) is 0 Å². The zero-order chi connectivity index (χ0) is 16.1. The second-order valence-electron chi connectivity index (χ2n) is 5.38. The highest BCUT2D eigenvalue weighted by Crippen LogP contribution is 2.31. The van der Waals surface area contributed by atoms with Gasteiger partial charge in [-0.3, -0.25) is 0 Å². The molecule has 0 amide bonds. The number of benzene rings is 3. The van der Waals surface area contributed by atoms with E-state index in [2.05, 4.69) is 49.4 Å². The van der Waals surface area contributed by atoms with E-state index in [0.717, 1.165) is 0 Å². The predicted octanol–water partition coefficient (Wildman–Crippen LogP) is 6.19. The van der Waals surface area contributed by atoms with Crippen molar-refractivity contribution in [1.82, 2.24) is 0 Å². The lowest BCUT2D eigenvalue weighted by molar-refractivity contribution is 0.876. The van der Waals surface area contributed by atoms with Gasteiger partial charge in [0.25, 0.3) is 0 Å². The molecule has 0 aliphatic heterocycles. The van der Waals surface area contributed by atoms with Crippen molar-refractivity contribution in [2.75, 3.05) is 0 Å². The van der Waals surface area contributed by atoms with Crippen molar-refractivity contribution in [1.29, 1.82) is 0 Å². The van der Waals surface area contributed by atoms with Gasteiger partial charge in [0.2, 0.25) is 0 Å². The summed E-state index contributed by atoms with van der Waals surface area (Å²) in [4.78, 5) is 0. The minimum atomic E-state index is 1.21. The fraction of sp³-hybridized carbons (Fsp3) is 0.364. The Balaban J connectivity index is 0.000000410. The fourth-order valence-corrected chi connectivity index (χ4v) is 3.32. The SMILES string of the molecule is CC.CC.Cc1ccc2ccc3c4c(ccc1c24)CCCC=3. The van der Waals surface area contributed by atoms with Crippen LogP contribution in [0.15, 0.2) is 36.4 Å². The standard InChI is InChI=1S/C18H16.2C2H6/c1-12-6-7-15-9-8-13-4-2-3-5-14-10-11-16(12)18(15)17(13)14;2*1-2/h4,6-11H,2-3,5H2,1H3;2*1-2H3. The Kier molecular flexibility index (Phi) is 5.60. The lowest BCUT2D eigenvalue weighted by Gasteiger charge is -2.12. The van der Waals surface area contributed by atoms with Gasteiger partial charge in [-0.2, -0.15) is 0 Å². The number of hydrogen-bond acceptors (Lipinski definition) is 0. The van der Waals surface area contributed by atoms with E-state index in [1.54, 1.807) is 0 Å². The van der Waals surface area contributed by atoms with Crippen LogP contribution in [-0.4, -0.2) is 0 Å². The minimum Gasteiger partial charge on any atom is -0.0766 e. The molecule has 0 bridgehead atoms. The van der Waals surface area contributed by atoms with E-state index in [9.17, 15) is 0 Å². The van der Waals surface area contributed by atoms with Crippen molar-refractivity contribution in [2.24, 2.45) is 0 Å².